The maximum atomic E-state index is 11.8. The summed E-state index contributed by atoms with van der Waals surface area (Å²) in [4.78, 5) is 0. The predicted molar refractivity (Wildman–Crippen MR) is 111 cm³/mol. The van der Waals surface area contributed by atoms with Crippen molar-refractivity contribution in [2.45, 2.75) is 105 Å². The Balaban J connectivity index is 1.75. The molecule has 4 aliphatic carbocycles. The van der Waals surface area contributed by atoms with E-state index in [9.17, 15) is 10.2 Å². The number of rotatable bonds is 0. The fourth-order valence-electron chi connectivity index (χ4n) is 7.77. The number of hydrogen-bond donors (Lipinski definition) is 2. The highest BCUT2D eigenvalue weighted by Crippen LogP contribution is 2.65. The van der Waals surface area contributed by atoms with Gasteiger partial charge in [-0.3, -0.25) is 0 Å². The van der Waals surface area contributed by atoms with Gasteiger partial charge in [0, 0.05) is 5.92 Å². The summed E-state index contributed by atoms with van der Waals surface area (Å²) in [6, 6.07) is 0. The van der Waals surface area contributed by atoms with Crippen LogP contribution in [0.25, 0.3) is 0 Å². The normalized spacial score (nSPS) is 52.4. The van der Waals surface area contributed by atoms with E-state index in [4.69, 9.17) is 0 Å². The third kappa shape index (κ3) is 2.96. The van der Waals surface area contributed by atoms with E-state index in [0.717, 1.165) is 25.2 Å². The van der Waals surface area contributed by atoms with Crippen molar-refractivity contribution >= 4 is 0 Å². The first-order valence-corrected chi connectivity index (χ1v) is 11.5. The largest absolute Gasteiger partial charge is 0.392 e. The van der Waals surface area contributed by atoms with Gasteiger partial charge >= 0.3 is 0 Å². The summed E-state index contributed by atoms with van der Waals surface area (Å²) in [6.45, 7) is 14.3. The Hall–Kier alpha value is -0.340. The van der Waals surface area contributed by atoms with Crippen LogP contribution in [0.2, 0.25) is 0 Å². The molecule has 3 saturated carbocycles. The maximum Gasteiger partial charge on any atom is 0.0665 e. The summed E-state index contributed by atoms with van der Waals surface area (Å²) < 4.78 is 0. The van der Waals surface area contributed by atoms with Gasteiger partial charge in [0.25, 0.3) is 0 Å². The zero-order valence-corrected chi connectivity index (χ0v) is 18.5. The van der Waals surface area contributed by atoms with E-state index in [0.29, 0.717) is 16.7 Å². The predicted octanol–water partition coefficient (Wildman–Crippen LogP) is 5.72. The minimum absolute atomic E-state index is 0.00741. The van der Waals surface area contributed by atoms with Crippen molar-refractivity contribution in [1.29, 1.82) is 0 Å². The zero-order chi connectivity index (χ0) is 19.8. The molecule has 8 atom stereocenters. The Kier molecular flexibility index (Phi) is 4.68. The van der Waals surface area contributed by atoms with Gasteiger partial charge in [0.2, 0.25) is 0 Å². The molecule has 2 nitrogen and oxygen atoms in total. The quantitative estimate of drug-likeness (QED) is 0.532. The van der Waals surface area contributed by atoms with Gasteiger partial charge in [-0.05, 0) is 92.3 Å². The lowest BCUT2D eigenvalue weighted by Crippen LogP contribution is -2.56. The van der Waals surface area contributed by atoms with E-state index >= 15 is 0 Å². The summed E-state index contributed by atoms with van der Waals surface area (Å²) in [7, 11) is 0. The second-order valence-electron chi connectivity index (χ2n) is 12.2. The maximum absolute atomic E-state index is 11.8. The van der Waals surface area contributed by atoms with Crippen LogP contribution < -0.4 is 0 Å². The molecule has 0 radical (unpaired) electrons. The van der Waals surface area contributed by atoms with Gasteiger partial charge in [-0.1, -0.05) is 45.8 Å². The van der Waals surface area contributed by atoms with Crippen LogP contribution in [0.4, 0.5) is 0 Å². The van der Waals surface area contributed by atoms with Crippen LogP contribution >= 0.6 is 0 Å². The lowest BCUT2D eigenvalue weighted by molar-refractivity contribution is -0.152. The van der Waals surface area contributed by atoms with Crippen molar-refractivity contribution in [3.8, 4) is 0 Å². The van der Waals surface area contributed by atoms with Gasteiger partial charge < -0.3 is 10.2 Å². The molecule has 2 N–H and O–H groups in total. The third-order valence-corrected chi connectivity index (χ3v) is 10.0. The molecule has 0 aromatic heterocycles. The molecule has 0 heterocycles. The van der Waals surface area contributed by atoms with Gasteiger partial charge in [0.1, 0.15) is 0 Å². The average molecular weight is 375 g/mol. The van der Waals surface area contributed by atoms with E-state index in [2.05, 4.69) is 41.5 Å². The highest BCUT2D eigenvalue weighted by molar-refractivity contribution is 5.27. The standard InChI is InChI=1S/C25H42O2/c1-15-7-8-18-19-14-23(3,4)9-10-24(19,5)11-12-25(18,6)22(27)21-16(2)20(26)13-17(15)21/h16,18-22,26-27H,7-14H2,1-6H3. The van der Waals surface area contributed by atoms with Crippen molar-refractivity contribution in [3.05, 3.63) is 11.1 Å². The van der Waals surface area contributed by atoms with Gasteiger partial charge in [-0.15, -0.1) is 0 Å². The first-order valence-electron chi connectivity index (χ1n) is 11.5. The summed E-state index contributed by atoms with van der Waals surface area (Å²) >= 11 is 0. The lowest BCUT2D eigenvalue weighted by atomic mass is 9.44. The molecule has 0 aromatic carbocycles. The SMILES string of the molecule is CC1=C2CC(O)C(C)C2C(O)C2(C)CCC3(C)CCC(C)(C)CC3C2CC1. The van der Waals surface area contributed by atoms with E-state index in [-0.39, 0.29) is 29.5 Å². The van der Waals surface area contributed by atoms with Crippen molar-refractivity contribution in [3.63, 3.8) is 0 Å². The highest BCUT2D eigenvalue weighted by Gasteiger charge is 2.59. The molecule has 3 fully saturated rings. The molecular formula is C25H42O2. The molecule has 0 spiro atoms. The monoisotopic (exact) mass is 374 g/mol. The molecule has 0 saturated heterocycles. The first kappa shape index (κ1) is 20.0. The van der Waals surface area contributed by atoms with E-state index in [1.54, 1.807) is 0 Å². The number of hydrogen-bond acceptors (Lipinski definition) is 2. The fraction of sp³-hybridized carbons (Fsp3) is 0.920. The number of allylic oxidation sites excluding steroid dienone is 1. The zero-order valence-electron chi connectivity index (χ0n) is 18.5. The smallest absolute Gasteiger partial charge is 0.0665 e. The van der Waals surface area contributed by atoms with Gasteiger partial charge in [-0.25, -0.2) is 0 Å². The Morgan fingerprint density at radius 1 is 0.926 bits per heavy atom. The summed E-state index contributed by atoms with van der Waals surface area (Å²) in [5, 5.41) is 22.4. The Morgan fingerprint density at radius 2 is 1.59 bits per heavy atom. The Labute approximate surface area is 166 Å². The number of aliphatic hydroxyl groups excluding tert-OH is 2. The molecule has 0 bridgehead atoms. The highest BCUT2D eigenvalue weighted by atomic mass is 16.3. The molecule has 8 unspecified atom stereocenters. The van der Waals surface area contributed by atoms with Crippen LogP contribution in [0.1, 0.15) is 92.9 Å². The molecular weight excluding hydrogens is 332 g/mol. The van der Waals surface area contributed by atoms with Gasteiger partial charge in [0.15, 0.2) is 0 Å². The van der Waals surface area contributed by atoms with Crippen molar-refractivity contribution in [1.82, 2.24) is 0 Å². The molecule has 0 aromatic rings. The van der Waals surface area contributed by atoms with Crippen LogP contribution in [0, 0.1) is 39.9 Å². The van der Waals surface area contributed by atoms with Crippen LogP contribution in [-0.2, 0) is 0 Å². The number of fused-ring (bicyclic) bond motifs is 4. The lowest BCUT2D eigenvalue weighted by Gasteiger charge is -2.62. The van der Waals surface area contributed by atoms with Crippen molar-refractivity contribution < 1.29 is 10.2 Å². The van der Waals surface area contributed by atoms with Crippen LogP contribution in [0.3, 0.4) is 0 Å². The van der Waals surface area contributed by atoms with Crippen LogP contribution in [-0.4, -0.2) is 22.4 Å². The topological polar surface area (TPSA) is 40.5 Å². The summed E-state index contributed by atoms with van der Waals surface area (Å²) in [6.07, 6.45) is 9.00. The molecule has 4 rings (SSSR count). The van der Waals surface area contributed by atoms with Crippen LogP contribution in [0.15, 0.2) is 11.1 Å². The van der Waals surface area contributed by atoms with Crippen LogP contribution in [0.5, 0.6) is 0 Å². The van der Waals surface area contributed by atoms with E-state index in [1.165, 1.54) is 43.3 Å². The fourth-order valence-corrected chi connectivity index (χ4v) is 7.77. The molecule has 0 aliphatic heterocycles. The molecule has 27 heavy (non-hydrogen) atoms. The Bertz CT molecular complexity index is 634. The average Bonchev–Trinajstić information content (AvgIpc) is 2.89. The van der Waals surface area contributed by atoms with E-state index in [1.807, 2.05) is 0 Å². The van der Waals surface area contributed by atoms with Crippen molar-refractivity contribution in [2.75, 3.05) is 0 Å². The second-order valence-corrected chi connectivity index (χ2v) is 12.2. The van der Waals surface area contributed by atoms with E-state index < -0.39 is 0 Å². The van der Waals surface area contributed by atoms with Crippen molar-refractivity contribution in [2.24, 2.45) is 39.9 Å². The first-order chi connectivity index (χ1) is 12.5. The number of aliphatic hydroxyl groups is 2. The Morgan fingerprint density at radius 3 is 2.30 bits per heavy atom. The molecule has 154 valence electrons. The summed E-state index contributed by atoms with van der Waals surface area (Å²) in [5.74, 6) is 1.67. The minimum Gasteiger partial charge on any atom is -0.392 e. The van der Waals surface area contributed by atoms with Gasteiger partial charge in [0.05, 0.1) is 12.2 Å². The molecule has 0 amide bonds. The minimum atomic E-state index is -0.311. The van der Waals surface area contributed by atoms with Gasteiger partial charge in [-0.2, -0.15) is 0 Å². The molecule has 4 aliphatic rings. The third-order valence-electron chi connectivity index (χ3n) is 10.0. The summed E-state index contributed by atoms with van der Waals surface area (Å²) in [5.41, 5.74) is 3.74. The second kappa shape index (κ2) is 6.33. The molecule has 2 heteroatoms.